The Kier molecular flexibility index (Phi) is 3.77. The molecule has 0 bridgehead atoms. The molecule has 108 valence electrons. The summed E-state index contributed by atoms with van der Waals surface area (Å²) in [7, 11) is -4.59. The van der Waals surface area contributed by atoms with Crippen molar-refractivity contribution in [3.05, 3.63) is 24.3 Å². The number of para-hydroxylation sites is 2. The van der Waals surface area contributed by atoms with Crippen LogP contribution >= 0.6 is 7.81 Å². The molecule has 0 radical (unpaired) electrons. The van der Waals surface area contributed by atoms with Crippen LogP contribution in [0.5, 0.6) is 5.75 Å². The first-order valence-electron chi connectivity index (χ1n) is 4.63. The van der Waals surface area contributed by atoms with Crippen molar-refractivity contribution in [2.45, 2.75) is 0 Å². The Bertz CT molecular complexity index is 410. The second-order valence-electron chi connectivity index (χ2n) is 4.46. The summed E-state index contributed by atoms with van der Waals surface area (Å²) in [6, 6.07) is 7.39. The van der Waals surface area contributed by atoms with E-state index in [4.69, 9.17) is 0 Å². The third-order valence-corrected chi connectivity index (χ3v) is 1.60. The number of halogens is 6. The molecule has 1 rings (SSSR count). The van der Waals surface area contributed by atoms with Crippen LogP contribution in [0.4, 0.5) is 30.9 Å². The first-order chi connectivity index (χ1) is 7.47. The molecule has 0 fully saturated rings. The molecule has 0 atom stereocenters. The summed E-state index contributed by atoms with van der Waals surface area (Å²) < 4.78 is 59.8. The molecule has 1 N–H and O–H groups in total. The van der Waals surface area contributed by atoms with Gasteiger partial charge in [-0.2, -0.15) is 0 Å². The summed E-state index contributed by atoms with van der Waals surface area (Å²) in [6.07, 6.45) is 0. The fraction of sp³-hybridized carbons (Fsp3) is 0.333. The van der Waals surface area contributed by atoms with E-state index in [1.165, 1.54) is 0 Å². The van der Waals surface area contributed by atoms with Gasteiger partial charge in [0.15, 0.2) is 11.4 Å². The molecule has 0 unspecified atom stereocenters. The predicted octanol–water partition coefficient (Wildman–Crippen LogP) is 4.97. The second kappa shape index (κ2) is 3.99. The van der Waals surface area contributed by atoms with Crippen LogP contribution in [0.25, 0.3) is 0 Å². The summed E-state index contributed by atoms with van der Waals surface area (Å²) >= 11 is 0. The molecule has 0 amide bonds. The minimum absolute atomic E-state index is 0.361. The molecular weight excluding hydrogens is 283 g/mol. The van der Waals surface area contributed by atoms with Gasteiger partial charge < -0.3 is 5.11 Å². The van der Waals surface area contributed by atoms with Crippen LogP contribution in [0.3, 0.4) is 0 Å². The molecule has 2 nitrogen and oxygen atoms in total. The summed E-state index contributed by atoms with van der Waals surface area (Å²) in [5, 5.41) is 9.43. The van der Waals surface area contributed by atoms with Gasteiger partial charge in [0.05, 0.1) is 21.1 Å². The second-order valence-corrected chi connectivity index (χ2v) is 6.38. The molecule has 0 aliphatic carbocycles. The van der Waals surface area contributed by atoms with Gasteiger partial charge in [-0.05, 0) is 6.07 Å². The Morgan fingerprint density at radius 2 is 1.22 bits per heavy atom. The van der Waals surface area contributed by atoms with E-state index in [2.05, 4.69) is 0 Å². The van der Waals surface area contributed by atoms with E-state index >= 15 is 0 Å². The van der Waals surface area contributed by atoms with Crippen LogP contribution < -0.4 is 4.48 Å². The fourth-order valence-electron chi connectivity index (χ4n) is 1.03. The maximum absolute atomic E-state index is 10.7. The average Bonchev–Trinajstić information content (AvgIpc) is 1.96. The summed E-state index contributed by atoms with van der Waals surface area (Å²) in [5.41, 5.74) is 0.938. The fourth-order valence-corrected chi connectivity index (χ4v) is 1.03. The number of quaternary nitrogens is 1. The first-order valence-corrected chi connectivity index (χ1v) is 6.66. The molecule has 0 spiro atoms. The molecule has 9 heteroatoms. The van der Waals surface area contributed by atoms with E-state index in [0.29, 0.717) is 10.2 Å². The zero-order valence-corrected chi connectivity index (χ0v) is 10.8. The molecule has 0 aromatic heterocycles. The van der Waals surface area contributed by atoms with E-state index < -0.39 is 7.81 Å². The van der Waals surface area contributed by atoms with Crippen LogP contribution in [0.1, 0.15) is 0 Å². The Morgan fingerprint density at radius 1 is 0.889 bits per heavy atom. The van der Waals surface area contributed by atoms with Crippen molar-refractivity contribution in [1.82, 2.24) is 4.48 Å². The standard InChI is InChI=1S/C9H13NO.F6P/c1-10(2,3)8-6-4-5-7-9(8)11;1-7(2,3,4,5)6/h4-7H,1-3H3;/q;-1/p+1. The zero-order chi connectivity index (χ0) is 14.9. The SMILES string of the molecule is C[N+](C)(C)c1ccccc1O.F[P-](F)(F)(F)(F)F. The van der Waals surface area contributed by atoms with Crippen LogP contribution in [0.15, 0.2) is 24.3 Å². The van der Waals surface area contributed by atoms with Crippen molar-refractivity contribution in [2.75, 3.05) is 21.1 Å². The Morgan fingerprint density at radius 3 is 1.44 bits per heavy atom. The number of nitrogens with zero attached hydrogens (tertiary/aromatic N) is 1. The van der Waals surface area contributed by atoms with E-state index in [1.807, 2.05) is 39.3 Å². The Hall–Kier alpha value is -1.01. The van der Waals surface area contributed by atoms with Crippen molar-refractivity contribution in [1.29, 1.82) is 0 Å². The van der Waals surface area contributed by atoms with Crippen LogP contribution in [-0.2, 0) is 0 Å². The number of benzene rings is 1. The van der Waals surface area contributed by atoms with Gasteiger partial charge in [-0.25, -0.2) is 0 Å². The summed E-state index contributed by atoms with van der Waals surface area (Å²) in [6.45, 7) is 0. The average molecular weight is 297 g/mol. The number of rotatable bonds is 1. The predicted molar refractivity (Wildman–Crippen MR) is 61.2 cm³/mol. The molecule has 18 heavy (non-hydrogen) atoms. The van der Waals surface area contributed by atoms with Gasteiger partial charge >= 0.3 is 33.0 Å². The number of phenolic OH excluding ortho intramolecular Hbond substituents is 1. The molecule has 0 aliphatic rings. The van der Waals surface area contributed by atoms with Crippen LogP contribution in [0, 0.1) is 0 Å². The molecule has 1 aromatic rings. The summed E-state index contributed by atoms with van der Waals surface area (Å²) in [4.78, 5) is 0. The first kappa shape index (κ1) is 17.0. The van der Waals surface area contributed by atoms with Gasteiger partial charge in [0.1, 0.15) is 0 Å². The van der Waals surface area contributed by atoms with Crippen LogP contribution in [0.2, 0.25) is 0 Å². The normalized spacial score (nSPS) is 16.1. The van der Waals surface area contributed by atoms with Crippen molar-refractivity contribution in [3.8, 4) is 5.75 Å². The van der Waals surface area contributed by atoms with E-state index in [9.17, 15) is 30.3 Å². The van der Waals surface area contributed by atoms with Gasteiger partial charge in [0.25, 0.3) is 0 Å². The van der Waals surface area contributed by atoms with Gasteiger partial charge in [-0.1, -0.05) is 12.1 Å². The van der Waals surface area contributed by atoms with Crippen molar-refractivity contribution in [3.63, 3.8) is 0 Å². The zero-order valence-electron chi connectivity index (χ0n) is 9.92. The molecule has 0 heterocycles. The minimum atomic E-state index is -10.7. The van der Waals surface area contributed by atoms with Gasteiger partial charge in [-0.3, -0.25) is 4.48 Å². The summed E-state index contributed by atoms with van der Waals surface area (Å²) in [5.74, 6) is 0.361. The molecule has 0 saturated carbocycles. The molecule has 0 aliphatic heterocycles. The molecule has 1 aromatic carbocycles. The maximum atomic E-state index is 9.87. The van der Waals surface area contributed by atoms with E-state index in [-0.39, 0.29) is 0 Å². The Labute approximate surface area is 100 Å². The van der Waals surface area contributed by atoms with Crippen molar-refractivity contribution in [2.24, 2.45) is 0 Å². The van der Waals surface area contributed by atoms with Gasteiger partial charge in [-0.15, -0.1) is 0 Å². The van der Waals surface area contributed by atoms with E-state index in [1.54, 1.807) is 6.07 Å². The molecular formula is C9H14F6NOP. The number of hydrogen-bond donors (Lipinski definition) is 1. The Balaban J connectivity index is 0.000000360. The quantitative estimate of drug-likeness (QED) is 0.441. The van der Waals surface area contributed by atoms with Gasteiger partial charge in [0, 0.05) is 6.07 Å². The number of hydrogen-bond acceptors (Lipinski definition) is 1. The topological polar surface area (TPSA) is 20.2 Å². The number of aromatic hydroxyl groups is 1. The van der Waals surface area contributed by atoms with Crippen LogP contribution in [-0.4, -0.2) is 26.2 Å². The monoisotopic (exact) mass is 297 g/mol. The molecule has 0 saturated heterocycles. The van der Waals surface area contributed by atoms with Crippen molar-refractivity contribution >= 4 is 13.5 Å². The number of phenols is 1. The third-order valence-electron chi connectivity index (χ3n) is 1.60. The van der Waals surface area contributed by atoms with Gasteiger partial charge in [0.2, 0.25) is 0 Å². The third kappa shape index (κ3) is 11.5. The van der Waals surface area contributed by atoms with E-state index in [0.717, 1.165) is 5.69 Å². The van der Waals surface area contributed by atoms with Crippen molar-refractivity contribution < 1.29 is 30.3 Å².